The van der Waals surface area contributed by atoms with Crippen LogP contribution in [0.3, 0.4) is 0 Å². The molecule has 1 unspecified atom stereocenters. The van der Waals surface area contributed by atoms with Crippen LogP contribution < -0.4 is 4.74 Å². The highest BCUT2D eigenvalue weighted by Crippen LogP contribution is 2.45. The number of hydrogen-bond acceptors (Lipinski definition) is 2. The van der Waals surface area contributed by atoms with Gasteiger partial charge in [-0.3, -0.25) is 4.79 Å². The largest absolute Gasteiger partial charge is 0.457 e. The Morgan fingerprint density at radius 2 is 1.83 bits per heavy atom. The maximum absolute atomic E-state index is 11.8. The number of para-hydroxylation sites is 1. The molecule has 0 fully saturated rings. The van der Waals surface area contributed by atoms with Crippen molar-refractivity contribution in [1.29, 1.82) is 0 Å². The smallest absolute Gasteiger partial charge is 0.277 e. The van der Waals surface area contributed by atoms with Gasteiger partial charge in [0.2, 0.25) is 0 Å². The Labute approximate surface area is 104 Å². The molecule has 2 aromatic rings. The van der Waals surface area contributed by atoms with E-state index in [-0.39, 0.29) is 11.8 Å². The molecule has 3 nitrogen and oxygen atoms in total. The maximum Gasteiger partial charge on any atom is 0.277 e. The van der Waals surface area contributed by atoms with Crippen LogP contribution >= 0.6 is 0 Å². The second-order valence-electron chi connectivity index (χ2n) is 4.42. The summed E-state index contributed by atoms with van der Waals surface area (Å²) in [6, 6.07) is 13.4. The second kappa shape index (κ2) is 3.29. The third-order valence-electron chi connectivity index (χ3n) is 3.42. The number of rotatable bonds is 0. The quantitative estimate of drug-likeness (QED) is 0.703. The van der Waals surface area contributed by atoms with Crippen molar-refractivity contribution >= 4 is 12.1 Å². The van der Waals surface area contributed by atoms with Crippen LogP contribution in [0.5, 0.6) is 11.5 Å². The highest BCUT2D eigenvalue weighted by Gasteiger charge is 2.32. The number of aliphatic imine (C=N–C) groups is 1. The fourth-order valence-corrected chi connectivity index (χ4v) is 2.61. The average molecular weight is 235 g/mol. The standard InChI is InChI=1S/C15H9NO2/c17-15-10-5-3-7-13-14(10)11(8-16-15)9-4-1-2-6-12(9)18-13/h1-8,11H. The topological polar surface area (TPSA) is 38.7 Å². The van der Waals surface area contributed by atoms with Crippen LogP contribution in [-0.4, -0.2) is 12.1 Å². The highest BCUT2D eigenvalue weighted by molar-refractivity contribution is 6.06. The Morgan fingerprint density at radius 3 is 2.78 bits per heavy atom. The third-order valence-corrected chi connectivity index (χ3v) is 3.42. The van der Waals surface area contributed by atoms with E-state index in [2.05, 4.69) is 4.99 Å². The van der Waals surface area contributed by atoms with Gasteiger partial charge >= 0.3 is 0 Å². The Morgan fingerprint density at radius 1 is 1.00 bits per heavy atom. The second-order valence-corrected chi connectivity index (χ2v) is 4.42. The molecule has 0 N–H and O–H groups in total. The first-order chi connectivity index (χ1) is 8.84. The lowest BCUT2D eigenvalue weighted by Gasteiger charge is -2.28. The van der Waals surface area contributed by atoms with Gasteiger partial charge in [0, 0.05) is 22.9 Å². The first kappa shape index (κ1) is 9.59. The molecule has 2 aliphatic rings. The van der Waals surface area contributed by atoms with Crippen molar-refractivity contribution < 1.29 is 9.53 Å². The van der Waals surface area contributed by atoms with E-state index >= 15 is 0 Å². The van der Waals surface area contributed by atoms with Gasteiger partial charge in [0.15, 0.2) is 0 Å². The van der Waals surface area contributed by atoms with Gasteiger partial charge < -0.3 is 4.74 Å². The third kappa shape index (κ3) is 1.13. The number of benzene rings is 2. The summed E-state index contributed by atoms with van der Waals surface area (Å²) in [5, 5.41) is 0. The van der Waals surface area contributed by atoms with Crippen LogP contribution in [0.1, 0.15) is 27.4 Å². The van der Waals surface area contributed by atoms with E-state index in [1.807, 2.05) is 42.5 Å². The van der Waals surface area contributed by atoms with E-state index in [0.717, 1.165) is 22.6 Å². The van der Waals surface area contributed by atoms with Crippen molar-refractivity contribution in [2.24, 2.45) is 4.99 Å². The van der Waals surface area contributed by atoms with E-state index < -0.39 is 0 Å². The zero-order valence-electron chi connectivity index (χ0n) is 9.46. The van der Waals surface area contributed by atoms with Gasteiger partial charge in [0.05, 0.1) is 5.92 Å². The first-order valence-electron chi connectivity index (χ1n) is 5.83. The van der Waals surface area contributed by atoms with Crippen LogP contribution in [0, 0.1) is 0 Å². The summed E-state index contributed by atoms with van der Waals surface area (Å²) in [5.74, 6) is 1.44. The Hall–Kier alpha value is -2.42. The SMILES string of the molecule is O=C1N=CC2c3ccccc3Oc3cccc1c32. The molecule has 0 aromatic heterocycles. The van der Waals surface area contributed by atoms with Crippen LogP contribution in [0.2, 0.25) is 0 Å². The molecule has 2 aromatic carbocycles. The Balaban J connectivity index is 2.05. The zero-order valence-corrected chi connectivity index (χ0v) is 9.46. The summed E-state index contributed by atoms with van der Waals surface area (Å²) >= 11 is 0. The fourth-order valence-electron chi connectivity index (χ4n) is 2.61. The molecule has 0 aliphatic carbocycles. The molecule has 2 heterocycles. The van der Waals surface area contributed by atoms with Crippen molar-refractivity contribution in [3.8, 4) is 11.5 Å². The minimum atomic E-state index is -0.189. The van der Waals surface area contributed by atoms with Crippen molar-refractivity contribution in [3.05, 3.63) is 59.2 Å². The van der Waals surface area contributed by atoms with Gasteiger partial charge in [0.1, 0.15) is 11.5 Å². The summed E-state index contributed by atoms with van der Waals surface area (Å²) in [6.07, 6.45) is 1.72. The molecule has 1 amide bonds. The van der Waals surface area contributed by atoms with E-state index in [9.17, 15) is 4.79 Å². The molecule has 4 rings (SSSR count). The lowest BCUT2D eigenvalue weighted by Crippen LogP contribution is -2.19. The Bertz CT molecular complexity index is 703. The van der Waals surface area contributed by atoms with Crippen LogP contribution in [0.15, 0.2) is 47.5 Å². The summed E-state index contributed by atoms with van der Waals surface area (Å²) in [4.78, 5) is 15.8. The molecule has 18 heavy (non-hydrogen) atoms. The minimum Gasteiger partial charge on any atom is -0.457 e. The molecule has 0 saturated carbocycles. The van der Waals surface area contributed by atoms with Gasteiger partial charge in [0.25, 0.3) is 5.91 Å². The number of nitrogens with zero attached hydrogens (tertiary/aromatic N) is 1. The summed E-state index contributed by atoms with van der Waals surface area (Å²) in [7, 11) is 0. The minimum absolute atomic E-state index is 0.0267. The lowest BCUT2D eigenvalue weighted by atomic mass is 9.84. The molecule has 3 heteroatoms. The number of ether oxygens (including phenoxy) is 1. The van der Waals surface area contributed by atoms with Crippen molar-refractivity contribution in [1.82, 2.24) is 0 Å². The van der Waals surface area contributed by atoms with Gasteiger partial charge in [-0.05, 0) is 18.2 Å². The number of fused-ring (bicyclic) bond motifs is 2. The molecule has 0 spiro atoms. The van der Waals surface area contributed by atoms with Crippen LogP contribution in [0.4, 0.5) is 0 Å². The van der Waals surface area contributed by atoms with Gasteiger partial charge in [-0.1, -0.05) is 24.3 Å². The van der Waals surface area contributed by atoms with E-state index in [1.54, 1.807) is 6.21 Å². The average Bonchev–Trinajstić information content (AvgIpc) is 2.42. The first-order valence-corrected chi connectivity index (χ1v) is 5.83. The van der Waals surface area contributed by atoms with Gasteiger partial charge in [-0.2, -0.15) is 0 Å². The van der Waals surface area contributed by atoms with Gasteiger partial charge in [-0.25, -0.2) is 4.99 Å². The monoisotopic (exact) mass is 235 g/mol. The molecule has 0 bridgehead atoms. The van der Waals surface area contributed by atoms with Crippen molar-refractivity contribution in [2.45, 2.75) is 5.92 Å². The molecular weight excluding hydrogens is 226 g/mol. The molecule has 2 aliphatic heterocycles. The van der Waals surface area contributed by atoms with Gasteiger partial charge in [-0.15, -0.1) is 0 Å². The summed E-state index contributed by atoms with van der Waals surface area (Å²) in [6.45, 7) is 0. The number of hydrogen-bond donors (Lipinski definition) is 0. The molecular formula is C15H9NO2. The number of carbonyl (C=O) groups is 1. The molecule has 1 atom stereocenters. The lowest BCUT2D eigenvalue weighted by molar-refractivity contribution is 0.0999. The van der Waals surface area contributed by atoms with Crippen LogP contribution in [-0.2, 0) is 0 Å². The normalized spacial score (nSPS) is 18.9. The highest BCUT2D eigenvalue weighted by atomic mass is 16.5. The zero-order chi connectivity index (χ0) is 12.1. The molecule has 86 valence electrons. The Kier molecular flexibility index (Phi) is 1.75. The summed E-state index contributed by atoms with van der Waals surface area (Å²) in [5.41, 5.74) is 2.65. The van der Waals surface area contributed by atoms with Crippen LogP contribution in [0.25, 0.3) is 0 Å². The number of amides is 1. The predicted octanol–water partition coefficient (Wildman–Crippen LogP) is 3.15. The molecule has 0 radical (unpaired) electrons. The predicted molar refractivity (Wildman–Crippen MR) is 67.6 cm³/mol. The van der Waals surface area contributed by atoms with E-state index in [1.165, 1.54) is 0 Å². The number of carbonyl (C=O) groups excluding carboxylic acids is 1. The summed E-state index contributed by atoms with van der Waals surface area (Å²) < 4.78 is 5.86. The maximum atomic E-state index is 11.8. The van der Waals surface area contributed by atoms with Crippen molar-refractivity contribution in [2.75, 3.05) is 0 Å². The fraction of sp³-hybridized carbons (Fsp3) is 0.0667. The van der Waals surface area contributed by atoms with E-state index in [0.29, 0.717) is 5.56 Å². The molecule has 0 saturated heterocycles. The van der Waals surface area contributed by atoms with E-state index in [4.69, 9.17) is 4.74 Å². The van der Waals surface area contributed by atoms with Crippen molar-refractivity contribution in [3.63, 3.8) is 0 Å².